The number of hydrogen-bond donors (Lipinski definition) is 1. The van der Waals surface area contributed by atoms with Gasteiger partial charge in [-0.15, -0.1) is 0 Å². The van der Waals surface area contributed by atoms with Crippen molar-refractivity contribution >= 4 is 11.9 Å². The fraction of sp³-hybridized carbons (Fsp3) is 0.846. The summed E-state index contributed by atoms with van der Waals surface area (Å²) in [6, 6.07) is 0.478. The molecule has 0 amide bonds. The van der Waals surface area contributed by atoms with Crippen LogP contribution in [0.2, 0.25) is 0 Å². The summed E-state index contributed by atoms with van der Waals surface area (Å²) in [5, 5.41) is 9.14. The van der Waals surface area contributed by atoms with E-state index in [4.69, 9.17) is 9.84 Å². The molecule has 2 aliphatic heterocycles. The molecule has 2 heterocycles. The number of carboxylic acids is 1. The molecule has 0 aliphatic carbocycles. The van der Waals surface area contributed by atoms with Gasteiger partial charge in [-0.25, -0.2) is 0 Å². The molecule has 1 N–H and O–H groups in total. The van der Waals surface area contributed by atoms with Crippen LogP contribution in [0.25, 0.3) is 0 Å². The van der Waals surface area contributed by atoms with Gasteiger partial charge in [0.2, 0.25) is 0 Å². The third-order valence-corrected chi connectivity index (χ3v) is 4.09. The van der Waals surface area contributed by atoms with Crippen molar-refractivity contribution in [1.29, 1.82) is 0 Å². The number of aliphatic carboxylic acids is 1. The van der Waals surface area contributed by atoms with Gasteiger partial charge in [-0.1, -0.05) is 6.42 Å². The van der Waals surface area contributed by atoms with Gasteiger partial charge in [0, 0.05) is 12.1 Å². The van der Waals surface area contributed by atoms with Crippen LogP contribution in [0.3, 0.4) is 0 Å². The van der Waals surface area contributed by atoms with Gasteiger partial charge in [-0.2, -0.15) is 0 Å². The second-order valence-electron chi connectivity index (χ2n) is 5.22. The maximum Gasteiger partial charge on any atom is 0.320 e. The molecule has 2 bridgehead atoms. The Morgan fingerprint density at radius 3 is 2.39 bits per heavy atom. The molecule has 2 aliphatic rings. The average Bonchev–Trinajstić information content (AvgIpc) is 2.28. The Kier molecular flexibility index (Phi) is 4.22. The van der Waals surface area contributed by atoms with Crippen LogP contribution in [0.4, 0.5) is 0 Å². The molecule has 2 rings (SSSR count). The Hall–Kier alpha value is -1.10. The topological polar surface area (TPSA) is 66.8 Å². The number of hydrogen-bond acceptors (Lipinski definition) is 4. The van der Waals surface area contributed by atoms with E-state index in [0.29, 0.717) is 26.0 Å². The number of carbonyl (C=O) groups excluding carboxylic acids is 1. The van der Waals surface area contributed by atoms with Crippen molar-refractivity contribution in [1.82, 2.24) is 4.90 Å². The molecule has 18 heavy (non-hydrogen) atoms. The Morgan fingerprint density at radius 2 is 1.89 bits per heavy atom. The number of carbonyl (C=O) groups is 2. The molecule has 5 nitrogen and oxygen atoms in total. The highest BCUT2D eigenvalue weighted by Crippen LogP contribution is 2.36. The molecule has 0 aromatic rings. The molecule has 0 aromatic carbocycles. The molecule has 0 aromatic heterocycles. The third kappa shape index (κ3) is 2.83. The molecule has 0 saturated carbocycles. The Bertz CT molecular complexity index is 317. The monoisotopic (exact) mass is 255 g/mol. The molecule has 0 spiro atoms. The van der Waals surface area contributed by atoms with E-state index in [1.807, 2.05) is 0 Å². The summed E-state index contributed by atoms with van der Waals surface area (Å²) in [6.07, 6.45) is 4.48. The normalized spacial score (nSPS) is 31.9. The SMILES string of the molecule is CCOC(=O)CN1C2CCCC1CC(C(=O)O)C2. The maximum atomic E-state index is 11.6. The van der Waals surface area contributed by atoms with E-state index in [2.05, 4.69) is 4.90 Å². The molecular weight excluding hydrogens is 234 g/mol. The summed E-state index contributed by atoms with van der Waals surface area (Å²) < 4.78 is 4.99. The Morgan fingerprint density at radius 1 is 1.28 bits per heavy atom. The lowest BCUT2D eigenvalue weighted by atomic mass is 9.78. The van der Waals surface area contributed by atoms with E-state index in [1.165, 1.54) is 0 Å². The zero-order valence-corrected chi connectivity index (χ0v) is 10.8. The molecule has 2 atom stereocenters. The first-order chi connectivity index (χ1) is 8.61. The van der Waals surface area contributed by atoms with Crippen LogP contribution in [0.1, 0.15) is 39.0 Å². The fourth-order valence-electron chi connectivity index (χ4n) is 3.29. The van der Waals surface area contributed by atoms with E-state index in [-0.39, 0.29) is 24.0 Å². The molecule has 2 fully saturated rings. The van der Waals surface area contributed by atoms with Crippen LogP contribution in [0.15, 0.2) is 0 Å². The van der Waals surface area contributed by atoms with Gasteiger partial charge in [0.05, 0.1) is 19.1 Å². The number of piperidine rings is 2. The van der Waals surface area contributed by atoms with Crippen LogP contribution >= 0.6 is 0 Å². The van der Waals surface area contributed by atoms with E-state index in [1.54, 1.807) is 6.92 Å². The van der Waals surface area contributed by atoms with Gasteiger partial charge in [0.15, 0.2) is 0 Å². The van der Waals surface area contributed by atoms with Crippen molar-refractivity contribution in [2.75, 3.05) is 13.2 Å². The zero-order valence-electron chi connectivity index (χ0n) is 10.8. The Balaban J connectivity index is 1.99. The third-order valence-electron chi connectivity index (χ3n) is 4.09. The lowest BCUT2D eigenvalue weighted by Crippen LogP contribution is -2.54. The first-order valence-electron chi connectivity index (χ1n) is 6.76. The quantitative estimate of drug-likeness (QED) is 0.766. The van der Waals surface area contributed by atoms with E-state index >= 15 is 0 Å². The summed E-state index contributed by atoms with van der Waals surface area (Å²) in [5.74, 6) is -1.12. The summed E-state index contributed by atoms with van der Waals surface area (Å²) >= 11 is 0. The minimum absolute atomic E-state index is 0.192. The summed E-state index contributed by atoms with van der Waals surface area (Å²) in [4.78, 5) is 24.9. The molecule has 102 valence electrons. The van der Waals surface area contributed by atoms with Gasteiger partial charge in [-0.05, 0) is 32.6 Å². The second-order valence-corrected chi connectivity index (χ2v) is 5.22. The fourth-order valence-corrected chi connectivity index (χ4v) is 3.29. The summed E-state index contributed by atoms with van der Waals surface area (Å²) in [5.41, 5.74) is 0. The molecule has 5 heteroatoms. The van der Waals surface area contributed by atoms with Crippen LogP contribution in [-0.4, -0.2) is 47.2 Å². The highest BCUT2D eigenvalue weighted by Gasteiger charge is 2.41. The lowest BCUT2D eigenvalue weighted by Gasteiger charge is -2.47. The van der Waals surface area contributed by atoms with Gasteiger partial charge in [0.25, 0.3) is 0 Å². The van der Waals surface area contributed by atoms with Gasteiger partial charge in [0.1, 0.15) is 0 Å². The number of rotatable bonds is 4. The molecule has 2 saturated heterocycles. The summed E-state index contributed by atoms with van der Waals surface area (Å²) in [7, 11) is 0. The number of esters is 1. The van der Waals surface area contributed by atoms with E-state index in [0.717, 1.165) is 19.3 Å². The van der Waals surface area contributed by atoms with Crippen LogP contribution in [-0.2, 0) is 14.3 Å². The molecule has 0 radical (unpaired) electrons. The minimum atomic E-state index is -0.692. The van der Waals surface area contributed by atoms with Crippen LogP contribution in [0, 0.1) is 5.92 Å². The van der Waals surface area contributed by atoms with Crippen LogP contribution < -0.4 is 0 Å². The zero-order chi connectivity index (χ0) is 13.1. The smallest absolute Gasteiger partial charge is 0.320 e. The van der Waals surface area contributed by atoms with Crippen molar-refractivity contribution in [3.63, 3.8) is 0 Å². The van der Waals surface area contributed by atoms with Crippen molar-refractivity contribution < 1.29 is 19.4 Å². The van der Waals surface area contributed by atoms with Gasteiger partial charge < -0.3 is 9.84 Å². The predicted molar refractivity (Wildman–Crippen MR) is 65.1 cm³/mol. The lowest BCUT2D eigenvalue weighted by molar-refractivity contribution is -0.151. The molecular formula is C13H21NO4. The number of carboxylic acid groups (broad SMARTS) is 1. The average molecular weight is 255 g/mol. The van der Waals surface area contributed by atoms with Crippen LogP contribution in [0.5, 0.6) is 0 Å². The number of nitrogens with zero attached hydrogens (tertiary/aromatic N) is 1. The highest BCUT2D eigenvalue weighted by molar-refractivity contribution is 5.72. The highest BCUT2D eigenvalue weighted by atomic mass is 16.5. The standard InChI is InChI=1S/C13H21NO4/c1-2-18-12(15)8-14-10-4-3-5-11(14)7-9(6-10)13(16)17/h9-11H,2-8H2,1H3,(H,16,17). The Labute approximate surface area is 107 Å². The maximum absolute atomic E-state index is 11.6. The largest absolute Gasteiger partial charge is 0.481 e. The predicted octanol–water partition coefficient (Wildman–Crippen LogP) is 1.27. The second kappa shape index (κ2) is 5.69. The molecule has 2 unspecified atom stereocenters. The first-order valence-corrected chi connectivity index (χ1v) is 6.76. The number of fused-ring (bicyclic) bond motifs is 2. The first kappa shape index (κ1) is 13.3. The van der Waals surface area contributed by atoms with Crippen molar-refractivity contribution in [3.8, 4) is 0 Å². The van der Waals surface area contributed by atoms with E-state index in [9.17, 15) is 9.59 Å². The van der Waals surface area contributed by atoms with Crippen molar-refractivity contribution in [3.05, 3.63) is 0 Å². The van der Waals surface area contributed by atoms with Gasteiger partial charge in [-0.3, -0.25) is 14.5 Å². The minimum Gasteiger partial charge on any atom is -0.481 e. The van der Waals surface area contributed by atoms with Crippen molar-refractivity contribution in [2.45, 2.75) is 51.1 Å². The number of ether oxygens (including phenoxy) is 1. The van der Waals surface area contributed by atoms with E-state index < -0.39 is 5.97 Å². The summed E-state index contributed by atoms with van der Waals surface area (Å²) in [6.45, 7) is 2.52. The van der Waals surface area contributed by atoms with Crippen molar-refractivity contribution in [2.24, 2.45) is 5.92 Å². The van der Waals surface area contributed by atoms with Gasteiger partial charge >= 0.3 is 11.9 Å².